The van der Waals surface area contributed by atoms with E-state index in [-0.39, 0.29) is 17.6 Å². The van der Waals surface area contributed by atoms with Crippen molar-refractivity contribution in [2.45, 2.75) is 19.4 Å². The van der Waals surface area contributed by atoms with Crippen molar-refractivity contribution in [2.24, 2.45) is 7.05 Å². The Morgan fingerprint density at radius 2 is 1.84 bits per heavy atom. The number of hydrogen-bond donors (Lipinski definition) is 3. The molecule has 0 radical (unpaired) electrons. The van der Waals surface area contributed by atoms with Gasteiger partial charge >= 0.3 is 0 Å². The minimum atomic E-state index is -0.749. The lowest BCUT2D eigenvalue weighted by Crippen LogP contribution is -2.44. The van der Waals surface area contributed by atoms with Gasteiger partial charge in [0.1, 0.15) is 6.04 Å². The minimum Gasteiger partial charge on any atom is -0.361 e. The fraction of sp³-hybridized carbons (Fsp3) is 0.167. The van der Waals surface area contributed by atoms with Crippen molar-refractivity contribution in [3.05, 3.63) is 84.1 Å². The van der Waals surface area contributed by atoms with E-state index in [0.717, 1.165) is 16.5 Å². The predicted octanol–water partition coefficient (Wildman–Crippen LogP) is 2.82. The van der Waals surface area contributed by atoms with Crippen LogP contribution in [0.5, 0.6) is 0 Å². The number of ketones is 1. The van der Waals surface area contributed by atoms with Crippen molar-refractivity contribution in [1.29, 1.82) is 0 Å². The fourth-order valence-corrected chi connectivity index (χ4v) is 3.62. The molecule has 0 fully saturated rings. The molecule has 2 heterocycles. The molecule has 162 valence electrons. The van der Waals surface area contributed by atoms with Crippen LogP contribution in [0.25, 0.3) is 10.9 Å². The molecule has 32 heavy (non-hydrogen) atoms. The highest BCUT2D eigenvalue weighted by atomic mass is 16.2. The van der Waals surface area contributed by atoms with Gasteiger partial charge in [-0.25, -0.2) is 4.98 Å². The number of carbonyl (C=O) groups excluding carboxylic acids is 3. The van der Waals surface area contributed by atoms with Crippen LogP contribution in [0.15, 0.2) is 67.1 Å². The quantitative estimate of drug-likeness (QED) is 0.393. The molecule has 0 saturated carbocycles. The number of aromatic amines is 1. The average Bonchev–Trinajstić information content (AvgIpc) is 3.39. The number of aromatic nitrogens is 3. The number of imidazole rings is 1. The number of carbonyl (C=O) groups is 3. The van der Waals surface area contributed by atoms with E-state index in [1.54, 1.807) is 48.3 Å². The van der Waals surface area contributed by atoms with Crippen molar-refractivity contribution in [3.8, 4) is 0 Å². The molecule has 4 aromatic rings. The number of hydrogen-bond acceptors (Lipinski definition) is 4. The molecule has 8 heteroatoms. The zero-order chi connectivity index (χ0) is 22.7. The maximum atomic E-state index is 12.9. The molecule has 1 atom stereocenters. The molecule has 0 aliphatic carbocycles. The molecule has 1 unspecified atom stereocenters. The third-order valence-corrected chi connectivity index (χ3v) is 5.23. The molecule has 2 aromatic heterocycles. The monoisotopic (exact) mass is 429 g/mol. The topological polar surface area (TPSA) is 109 Å². The van der Waals surface area contributed by atoms with Crippen LogP contribution >= 0.6 is 0 Å². The zero-order valence-corrected chi connectivity index (χ0v) is 17.8. The van der Waals surface area contributed by atoms with Crippen LogP contribution in [-0.4, -0.2) is 38.2 Å². The number of rotatable bonds is 7. The van der Waals surface area contributed by atoms with E-state index in [4.69, 9.17) is 0 Å². The van der Waals surface area contributed by atoms with E-state index in [1.807, 2.05) is 30.5 Å². The highest BCUT2D eigenvalue weighted by Gasteiger charge is 2.22. The Morgan fingerprint density at radius 3 is 2.53 bits per heavy atom. The maximum absolute atomic E-state index is 12.9. The van der Waals surface area contributed by atoms with Gasteiger partial charge in [-0.3, -0.25) is 14.4 Å². The number of para-hydroxylation sites is 1. The van der Waals surface area contributed by atoms with Gasteiger partial charge in [-0.15, -0.1) is 0 Å². The Bertz CT molecular complexity index is 1290. The molecule has 2 amide bonds. The second-order valence-corrected chi connectivity index (χ2v) is 7.57. The Balaban J connectivity index is 1.49. The highest BCUT2D eigenvalue weighted by Crippen LogP contribution is 2.20. The fourth-order valence-electron chi connectivity index (χ4n) is 3.62. The number of anilines is 1. The van der Waals surface area contributed by atoms with Crippen molar-refractivity contribution < 1.29 is 14.4 Å². The van der Waals surface area contributed by atoms with Crippen LogP contribution in [0.3, 0.4) is 0 Å². The van der Waals surface area contributed by atoms with Crippen LogP contribution in [0.4, 0.5) is 5.69 Å². The molecule has 4 rings (SSSR count). The molecule has 0 spiro atoms. The summed E-state index contributed by atoms with van der Waals surface area (Å²) in [6.07, 6.45) is 5.46. The second kappa shape index (κ2) is 8.89. The normalized spacial score (nSPS) is 11.8. The first-order chi connectivity index (χ1) is 15.4. The number of benzene rings is 2. The Kier molecular flexibility index (Phi) is 5.85. The Labute approximate surface area is 184 Å². The smallest absolute Gasteiger partial charge is 0.247 e. The maximum Gasteiger partial charge on any atom is 0.247 e. The summed E-state index contributed by atoms with van der Waals surface area (Å²) in [7, 11) is 1.75. The zero-order valence-electron chi connectivity index (χ0n) is 17.8. The van der Waals surface area contributed by atoms with Crippen molar-refractivity contribution in [2.75, 3.05) is 5.32 Å². The van der Waals surface area contributed by atoms with Crippen LogP contribution in [-0.2, 0) is 23.1 Å². The summed E-state index contributed by atoms with van der Waals surface area (Å²) in [6, 6.07) is 13.6. The van der Waals surface area contributed by atoms with Gasteiger partial charge in [-0.1, -0.05) is 18.2 Å². The van der Waals surface area contributed by atoms with E-state index >= 15 is 0 Å². The van der Waals surface area contributed by atoms with Gasteiger partial charge in [0.2, 0.25) is 17.6 Å². The molecule has 8 nitrogen and oxygen atoms in total. The molecule has 2 aromatic carbocycles. The highest BCUT2D eigenvalue weighted by molar-refractivity contribution is 6.07. The first-order valence-electron chi connectivity index (χ1n) is 10.2. The predicted molar refractivity (Wildman–Crippen MR) is 121 cm³/mol. The summed E-state index contributed by atoms with van der Waals surface area (Å²) in [5, 5.41) is 6.56. The largest absolute Gasteiger partial charge is 0.361 e. The van der Waals surface area contributed by atoms with E-state index in [0.29, 0.717) is 23.5 Å². The third kappa shape index (κ3) is 4.44. The molecule has 0 aliphatic heterocycles. The van der Waals surface area contributed by atoms with Gasteiger partial charge in [-0.05, 0) is 35.9 Å². The summed E-state index contributed by atoms with van der Waals surface area (Å²) in [5.41, 5.74) is 2.90. The number of nitrogens with zero attached hydrogens (tertiary/aromatic N) is 2. The third-order valence-electron chi connectivity index (χ3n) is 5.23. The van der Waals surface area contributed by atoms with Gasteiger partial charge in [0.05, 0.1) is 0 Å². The SMILES string of the molecule is CC(=O)NC(Cc1c[nH]c2ccccc12)C(=O)Nc1ccc(C(=O)c2nccn2C)cc1. The van der Waals surface area contributed by atoms with Crippen LogP contribution in [0.2, 0.25) is 0 Å². The first-order valence-corrected chi connectivity index (χ1v) is 10.2. The lowest BCUT2D eigenvalue weighted by Gasteiger charge is -2.17. The van der Waals surface area contributed by atoms with Gasteiger partial charge in [0, 0.05) is 61.1 Å². The van der Waals surface area contributed by atoms with Crippen molar-refractivity contribution >= 4 is 34.2 Å². The number of aryl methyl sites for hydroxylation is 1. The Hall–Kier alpha value is -4.20. The summed E-state index contributed by atoms with van der Waals surface area (Å²) < 4.78 is 1.65. The standard InChI is InChI=1S/C24H23N5O3/c1-15(30)27-21(13-17-14-26-20-6-4-3-5-19(17)20)24(32)28-18-9-7-16(8-10-18)22(31)23-25-11-12-29(23)2/h3-12,14,21,26H,13H2,1-2H3,(H,27,30)(H,28,32). The molecule has 3 N–H and O–H groups in total. The first kappa shape index (κ1) is 21.0. The average molecular weight is 429 g/mol. The number of H-pyrrole nitrogens is 1. The van der Waals surface area contributed by atoms with Gasteiger partial charge in [0.25, 0.3) is 0 Å². The summed E-state index contributed by atoms with van der Waals surface area (Å²) in [6.45, 7) is 1.38. The van der Waals surface area contributed by atoms with Crippen LogP contribution in [0, 0.1) is 0 Å². The van der Waals surface area contributed by atoms with Crippen LogP contribution < -0.4 is 10.6 Å². The van der Waals surface area contributed by atoms with Gasteiger partial charge < -0.3 is 20.2 Å². The van der Waals surface area contributed by atoms with E-state index < -0.39 is 6.04 Å². The van der Waals surface area contributed by atoms with Crippen molar-refractivity contribution in [3.63, 3.8) is 0 Å². The number of nitrogens with one attached hydrogen (secondary N) is 3. The van der Waals surface area contributed by atoms with E-state index in [2.05, 4.69) is 20.6 Å². The van der Waals surface area contributed by atoms with Gasteiger partial charge in [0.15, 0.2) is 5.82 Å². The lowest BCUT2D eigenvalue weighted by atomic mass is 10.0. The summed E-state index contributed by atoms with van der Waals surface area (Å²) in [4.78, 5) is 44.5. The van der Waals surface area contributed by atoms with E-state index in [1.165, 1.54) is 6.92 Å². The molecule has 0 saturated heterocycles. The molecular formula is C24H23N5O3. The van der Waals surface area contributed by atoms with Gasteiger partial charge in [-0.2, -0.15) is 0 Å². The Morgan fingerprint density at radius 1 is 1.09 bits per heavy atom. The molecule has 0 aliphatic rings. The molecular weight excluding hydrogens is 406 g/mol. The summed E-state index contributed by atoms with van der Waals surface area (Å²) >= 11 is 0. The minimum absolute atomic E-state index is 0.203. The van der Waals surface area contributed by atoms with Crippen molar-refractivity contribution in [1.82, 2.24) is 19.9 Å². The van der Waals surface area contributed by atoms with Crippen LogP contribution in [0.1, 0.15) is 28.7 Å². The second-order valence-electron chi connectivity index (χ2n) is 7.57. The van der Waals surface area contributed by atoms with E-state index in [9.17, 15) is 14.4 Å². The lowest BCUT2D eigenvalue weighted by molar-refractivity contribution is -0.125. The number of amides is 2. The number of fused-ring (bicyclic) bond motifs is 1. The molecule has 0 bridgehead atoms. The summed E-state index contributed by atoms with van der Waals surface area (Å²) in [5.74, 6) is -0.494.